The smallest absolute Gasteiger partial charge is 0.293 e. The zero-order chi connectivity index (χ0) is 22.0. The molecule has 0 bridgehead atoms. The minimum absolute atomic E-state index is 0.167. The zero-order valence-corrected chi connectivity index (χ0v) is 17.0. The fraction of sp³-hybridized carbons (Fsp3) is 0.136. The molecule has 1 unspecified atom stereocenters. The van der Waals surface area contributed by atoms with E-state index >= 15 is 0 Å². The van der Waals surface area contributed by atoms with Crippen LogP contribution in [-0.2, 0) is 7.05 Å². The highest BCUT2D eigenvalue weighted by Crippen LogP contribution is 2.30. The number of nitro benzene ring substituents is 1. The summed E-state index contributed by atoms with van der Waals surface area (Å²) in [5.74, 6) is -0.148. The summed E-state index contributed by atoms with van der Waals surface area (Å²) in [6.07, 6.45) is 6.72. The Morgan fingerprint density at radius 1 is 1.13 bits per heavy atom. The predicted octanol–water partition coefficient (Wildman–Crippen LogP) is 3.92. The minimum atomic E-state index is -0.495. The van der Waals surface area contributed by atoms with Gasteiger partial charge in [0.05, 0.1) is 10.6 Å². The van der Waals surface area contributed by atoms with Gasteiger partial charge in [-0.3, -0.25) is 14.9 Å². The van der Waals surface area contributed by atoms with E-state index in [1.807, 2.05) is 43.5 Å². The first-order chi connectivity index (χ1) is 14.9. The number of ketones is 1. The Morgan fingerprint density at radius 2 is 1.90 bits per heavy atom. The number of aryl methyl sites for hydroxylation is 1. The van der Waals surface area contributed by atoms with E-state index in [9.17, 15) is 14.9 Å². The lowest BCUT2D eigenvalue weighted by Gasteiger charge is -2.16. The number of nitrogens with zero attached hydrogens (tertiary/aromatic N) is 5. The maximum atomic E-state index is 12.7. The molecule has 0 aliphatic heterocycles. The summed E-state index contributed by atoms with van der Waals surface area (Å²) in [7, 11) is 1.70. The molecule has 0 fully saturated rings. The third-order valence-electron chi connectivity index (χ3n) is 5.01. The van der Waals surface area contributed by atoms with Crippen molar-refractivity contribution in [2.45, 2.75) is 13.0 Å². The molecule has 0 amide bonds. The van der Waals surface area contributed by atoms with Gasteiger partial charge >= 0.3 is 0 Å². The Morgan fingerprint density at radius 3 is 2.52 bits per heavy atom. The highest BCUT2D eigenvalue weighted by Gasteiger charge is 2.21. The molecule has 4 aromatic rings. The van der Waals surface area contributed by atoms with Gasteiger partial charge in [0.15, 0.2) is 5.82 Å². The van der Waals surface area contributed by atoms with Crippen molar-refractivity contribution >= 4 is 17.2 Å². The summed E-state index contributed by atoms with van der Waals surface area (Å²) in [5.41, 5.74) is 2.26. The zero-order valence-electron chi connectivity index (χ0n) is 17.0. The SMILES string of the molecule is CC(Nc1ccc(C(=O)c2nccn2C)cc1[N+](=O)[O-])c1ccc(-n2cccn2)cc1. The van der Waals surface area contributed by atoms with Crippen LogP contribution in [0.1, 0.15) is 34.7 Å². The summed E-state index contributed by atoms with van der Waals surface area (Å²) in [5, 5.41) is 19.0. The van der Waals surface area contributed by atoms with Crippen LogP contribution in [0.3, 0.4) is 0 Å². The first-order valence-corrected chi connectivity index (χ1v) is 9.61. The maximum Gasteiger partial charge on any atom is 0.293 e. The number of imidazole rings is 1. The summed E-state index contributed by atoms with van der Waals surface area (Å²) in [4.78, 5) is 27.9. The second kappa shape index (κ2) is 8.23. The number of nitrogens with one attached hydrogen (secondary N) is 1. The molecule has 0 saturated carbocycles. The summed E-state index contributed by atoms with van der Waals surface area (Å²) in [6.45, 7) is 1.92. The van der Waals surface area contributed by atoms with Crippen LogP contribution in [0.2, 0.25) is 0 Å². The van der Waals surface area contributed by atoms with Crippen LogP contribution >= 0.6 is 0 Å². The minimum Gasteiger partial charge on any atom is -0.373 e. The van der Waals surface area contributed by atoms with Crippen molar-refractivity contribution in [2.75, 3.05) is 5.32 Å². The van der Waals surface area contributed by atoms with Crippen LogP contribution in [0.4, 0.5) is 11.4 Å². The Kier molecular flexibility index (Phi) is 5.31. The number of benzene rings is 2. The molecule has 0 aliphatic rings. The molecule has 31 heavy (non-hydrogen) atoms. The number of carbonyl (C=O) groups is 1. The number of hydrogen-bond acceptors (Lipinski definition) is 6. The molecule has 0 spiro atoms. The van der Waals surface area contributed by atoms with Crippen molar-refractivity contribution in [2.24, 2.45) is 7.05 Å². The first-order valence-electron chi connectivity index (χ1n) is 9.61. The standard InChI is InChI=1S/C22H20N6O3/c1-15(16-4-7-18(8-5-16)27-12-3-10-24-27)25-19-9-6-17(14-20(19)28(30)31)21(29)22-23-11-13-26(22)2/h3-15,25H,1-2H3. The molecule has 9 nitrogen and oxygen atoms in total. The van der Waals surface area contributed by atoms with E-state index in [0.717, 1.165) is 11.3 Å². The van der Waals surface area contributed by atoms with Gasteiger partial charge in [0, 0.05) is 49.5 Å². The molecule has 0 radical (unpaired) electrons. The number of carbonyl (C=O) groups excluding carboxylic acids is 1. The van der Waals surface area contributed by atoms with Crippen LogP contribution < -0.4 is 5.32 Å². The average Bonchev–Trinajstić information content (AvgIpc) is 3.45. The number of hydrogen-bond donors (Lipinski definition) is 1. The molecule has 1 N–H and O–H groups in total. The van der Waals surface area contributed by atoms with Crippen LogP contribution in [0.25, 0.3) is 5.69 Å². The second-order valence-electron chi connectivity index (χ2n) is 7.09. The van der Waals surface area contributed by atoms with Gasteiger partial charge < -0.3 is 9.88 Å². The molecule has 2 heterocycles. The predicted molar refractivity (Wildman–Crippen MR) is 115 cm³/mol. The Balaban J connectivity index is 1.57. The average molecular weight is 416 g/mol. The van der Waals surface area contributed by atoms with Crippen LogP contribution in [0.5, 0.6) is 0 Å². The lowest BCUT2D eigenvalue weighted by atomic mass is 10.1. The number of nitro groups is 1. The van der Waals surface area contributed by atoms with Crippen molar-refractivity contribution in [1.82, 2.24) is 19.3 Å². The largest absolute Gasteiger partial charge is 0.373 e. The van der Waals surface area contributed by atoms with E-state index in [-0.39, 0.29) is 28.9 Å². The first kappa shape index (κ1) is 20.0. The fourth-order valence-electron chi connectivity index (χ4n) is 3.31. The monoisotopic (exact) mass is 416 g/mol. The quantitative estimate of drug-likeness (QED) is 0.278. The molecule has 9 heteroatoms. The van der Waals surface area contributed by atoms with Crippen molar-refractivity contribution in [3.05, 3.63) is 100 Å². The molecule has 2 aromatic heterocycles. The molecule has 156 valence electrons. The number of anilines is 1. The normalized spacial score (nSPS) is 11.8. The molecule has 1 atom stereocenters. The van der Waals surface area contributed by atoms with Crippen molar-refractivity contribution in [1.29, 1.82) is 0 Å². The van der Waals surface area contributed by atoms with Gasteiger partial charge in [-0.1, -0.05) is 12.1 Å². The van der Waals surface area contributed by atoms with Gasteiger partial charge in [0.2, 0.25) is 5.78 Å². The van der Waals surface area contributed by atoms with E-state index in [1.165, 1.54) is 12.3 Å². The Labute approximate surface area is 178 Å². The van der Waals surface area contributed by atoms with Gasteiger partial charge in [-0.05, 0) is 42.8 Å². The summed E-state index contributed by atoms with van der Waals surface area (Å²) >= 11 is 0. The number of rotatable bonds is 7. The van der Waals surface area contributed by atoms with Gasteiger partial charge in [0.25, 0.3) is 5.69 Å². The molecule has 4 rings (SSSR count). The highest BCUT2D eigenvalue weighted by atomic mass is 16.6. The van der Waals surface area contributed by atoms with Gasteiger partial charge in [0.1, 0.15) is 5.69 Å². The maximum absolute atomic E-state index is 12.7. The Bertz CT molecular complexity index is 1230. The third-order valence-corrected chi connectivity index (χ3v) is 5.01. The summed E-state index contributed by atoms with van der Waals surface area (Å²) < 4.78 is 3.33. The van der Waals surface area contributed by atoms with Gasteiger partial charge in [-0.15, -0.1) is 0 Å². The van der Waals surface area contributed by atoms with E-state index in [2.05, 4.69) is 15.4 Å². The van der Waals surface area contributed by atoms with Crippen molar-refractivity contribution < 1.29 is 9.72 Å². The molecule has 0 saturated heterocycles. The highest BCUT2D eigenvalue weighted by molar-refractivity contribution is 6.07. The van der Waals surface area contributed by atoms with Crippen LogP contribution in [0, 0.1) is 10.1 Å². The van der Waals surface area contributed by atoms with Crippen LogP contribution in [-0.4, -0.2) is 30.0 Å². The lowest BCUT2D eigenvalue weighted by Crippen LogP contribution is -2.11. The van der Waals surface area contributed by atoms with Gasteiger partial charge in [-0.2, -0.15) is 5.10 Å². The van der Waals surface area contributed by atoms with Crippen LogP contribution in [0.15, 0.2) is 73.3 Å². The fourth-order valence-corrected chi connectivity index (χ4v) is 3.31. The Hall–Kier alpha value is -4.27. The third kappa shape index (κ3) is 4.06. The summed E-state index contributed by atoms with van der Waals surface area (Å²) in [6, 6.07) is 13.8. The number of aromatic nitrogens is 4. The molecule has 0 aliphatic carbocycles. The van der Waals surface area contributed by atoms with E-state index in [0.29, 0.717) is 5.69 Å². The van der Waals surface area contributed by atoms with Crippen molar-refractivity contribution in [3.8, 4) is 5.69 Å². The molecular weight excluding hydrogens is 396 g/mol. The van der Waals surface area contributed by atoms with E-state index < -0.39 is 4.92 Å². The van der Waals surface area contributed by atoms with E-state index in [1.54, 1.807) is 40.8 Å². The second-order valence-corrected chi connectivity index (χ2v) is 7.09. The molecular formula is C22H20N6O3. The lowest BCUT2D eigenvalue weighted by molar-refractivity contribution is -0.384. The van der Waals surface area contributed by atoms with Gasteiger partial charge in [-0.25, -0.2) is 9.67 Å². The van der Waals surface area contributed by atoms with Crippen molar-refractivity contribution in [3.63, 3.8) is 0 Å². The topological polar surface area (TPSA) is 108 Å². The molecule has 2 aromatic carbocycles. The van der Waals surface area contributed by atoms with E-state index in [4.69, 9.17) is 0 Å².